The molecule has 1 unspecified atom stereocenters. The Morgan fingerprint density at radius 1 is 0.902 bits per heavy atom. The van der Waals surface area contributed by atoms with E-state index < -0.39 is 41.2 Å². The van der Waals surface area contributed by atoms with Crippen molar-refractivity contribution in [3.05, 3.63) is 29.3 Å². The third-order valence-electron chi connectivity index (χ3n) is 6.67. The van der Waals surface area contributed by atoms with Crippen LogP contribution in [-0.2, 0) is 25.6 Å². The lowest BCUT2D eigenvalue weighted by atomic mass is 10.0. The fourth-order valence-corrected chi connectivity index (χ4v) is 4.84. The molecular weight excluding hydrogens is 528 g/mol. The Hall–Kier alpha value is -3.63. The number of alkyl carbamates (subject to hydrolysis) is 1. The van der Waals surface area contributed by atoms with E-state index in [0.29, 0.717) is 17.0 Å². The number of piperidine rings is 1. The quantitative estimate of drug-likeness (QED) is 0.296. The van der Waals surface area contributed by atoms with Crippen LogP contribution >= 0.6 is 0 Å². The van der Waals surface area contributed by atoms with Crippen molar-refractivity contribution in [3.63, 3.8) is 0 Å². The summed E-state index contributed by atoms with van der Waals surface area (Å²) >= 11 is 0. The predicted molar refractivity (Wildman–Crippen MR) is 153 cm³/mol. The van der Waals surface area contributed by atoms with Gasteiger partial charge in [0.15, 0.2) is 0 Å². The van der Waals surface area contributed by atoms with E-state index >= 15 is 0 Å². The highest BCUT2D eigenvalue weighted by Gasteiger charge is 2.46. The molecule has 0 bridgehead atoms. The molecule has 1 atom stereocenters. The summed E-state index contributed by atoms with van der Waals surface area (Å²) in [6, 6.07) is 4.53. The smallest absolute Gasteiger partial charge is 0.424 e. The van der Waals surface area contributed by atoms with E-state index in [9.17, 15) is 24.0 Å². The van der Waals surface area contributed by atoms with E-state index in [1.165, 1.54) is 4.90 Å². The molecule has 2 heterocycles. The monoisotopic (exact) mass is 572 g/mol. The Morgan fingerprint density at radius 2 is 1.54 bits per heavy atom. The summed E-state index contributed by atoms with van der Waals surface area (Å²) in [6.07, 6.45) is 3.60. The molecule has 2 N–H and O–H groups in total. The lowest BCUT2D eigenvalue weighted by Crippen LogP contribution is -2.57. The van der Waals surface area contributed by atoms with Crippen LogP contribution in [0.3, 0.4) is 0 Å². The van der Waals surface area contributed by atoms with Crippen LogP contribution in [-0.4, -0.2) is 70.0 Å². The van der Waals surface area contributed by atoms with Crippen molar-refractivity contribution in [2.45, 2.75) is 110 Å². The Bertz CT molecular complexity index is 1150. The largest absolute Gasteiger partial charge is 0.444 e. The average Bonchev–Trinajstić information content (AvgIpc) is 3.18. The first kappa shape index (κ1) is 31.9. The summed E-state index contributed by atoms with van der Waals surface area (Å²) in [5.74, 6) is -1.64. The number of imide groups is 3. The first-order valence-corrected chi connectivity index (χ1v) is 14.4. The Kier molecular flexibility index (Phi) is 10.4. The highest BCUT2D eigenvalue weighted by molar-refractivity contribution is 6.13. The number of anilines is 1. The normalized spacial score (nSPS) is 17.4. The van der Waals surface area contributed by atoms with E-state index in [1.54, 1.807) is 32.9 Å². The maximum Gasteiger partial charge on any atom is 0.424 e. The minimum atomic E-state index is -1.01. The number of hydrogen-bond donors (Lipinski definition) is 2. The molecule has 11 nitrogen and oxygen atoms in total. The number of carbonyl (C=O) groups excluding carboxylic acids is 5. The van der Waals surface area contributed by atoms with Crippen molar-refractivity contribution in [2.75, 3.05) is 18.4 Å². The van der Waals surface area contributed by atoms with E-state index in [2.05, 4.69) is 10.6 Å². The van der Waals surface area contributed by atoms with Gasteiger partial charge in [0.2, 0.25) is 5.91 Å². The summed E-state index contributed by atoms with van der Waals surface area (Å²) in [5, 5.41) is 6.19. The fourth-order valence-electron chi connectivity index (χ4n) is 4.84. The van der Waals surface area contributed by atoms with Gasteiger partial charge in [-0.3, -0.25) is 14.4 Å². The lowest BCUT2D eigenvalue weighted by Gasteiger charge is -2.35. The number of fused-ring (bicyclic) bond motifs is 1. The summed E-state index contributed by atoms with van der Waals surface area (Å²) in [6.45, 7) is 12.0. The van der Waals surface area contributed by atoms with Crippen molar-refractivity contribution in [1.29, 1.82) is 0 Å². The molecule has 2 aliphatic heterocycles. The topological polar surface area (TPSA) is 134 Å². The summed E-state index contributed by atoms with van der Waals surface area (Å²) < 4.78 is 10.5. The molecule has 1 fully saturated rings. The standard InChI is InChI=1S/C30H44N4O7/c1-29(2,3)40-27(38)32-18-11-9-7-8-10-17-31-22-14-12-13-20-21(22)19-33(25(20)36)23-15-16-24(35)34(26(23)37)28(39)41-30(4,5)6/h12-14,23,31H,7-11,15-19H2,1-6H3,(H,32,38). The highest BCUT2D eigenvalue weighted by atomic mass is 16.6. The summed E-state index contributed by atoms with van der Waals surface area (Å²) in [7, 11) is 0. The Balaban J connectivity index is 1.47. The molecule has 3 rings (SSSR count). The molecule has 1 saturated heterocycles. The van der Waals surface area contributed by atoms with Crippen LogP contribution in [0.4, 0.5) is 15.3 Å². The van der Waals surface area contributed by atoms with Crippen LogP contribution in [0, 0.1) is 0 Å². The first-order valence-electron chi connectivity index (χ1n) is 14.4. The Labute approximate surface area is 242 Å². The van der Waals surface area contributed by atoms with Crippen LogP contribution < -0.4 is 10.6 Å². The van der Waals surface area contributed by atoms with Crippen molar-refractivity contribution < 1.29 is 33.4 Å². The Morgan fingerprint density at radius 3 is 2.20 bits per heavy atom. The number of hydrogen-bond acceptors (Lipinski definition) is 8. The predicted octanol–water partition coefficient (Wildman–Crippen LogP) is 4.98. The van der Waals surface area contributed by atoms with Gasteiger partial charge in [0.25, 0.3) is 11.8 Å². The zero-order valence-corrected chi connectivity index (χ0v) is 25.1. The molecule has 0 spiro atoms. The van der Waals surface area contributed by atoms with Gasteiger partial charge >= 0.3 is 12.2 Å². The molecule has 41 heavy (non-hydrogen) atoms. The number of ether oxygens (including phenoxy) is 2. The van der Waals surface area contributed by atoms with Crippen LogP contribution in [0.5, 0.6) is 0 Å². The second-order valence-electron chi connectivity index (χ2n) is 12.5. The van der Waals surface area contributed by atoms with Gasteiger partial charge in [0, 0.05) is 42.9 Å². The van der Waals surface area contributed by atoms with Gasteiger partial charge in [-0.25, -0.2) is 9.59 Å². The van der Waals surface area contributed by atoms with Crippen molar-refractivity contribution in [2.24, 2.45) is 0 Å². The van der Waals surface area contributed by atoms with Crippen LogP contribution in [0.15, 0.2) is 18.2 Å². The second kappa shape index (κ2) is 13.4. The maximum absolute atomic E-state index is 13.3. The molecule has 2 aliphatic rings. The first-order chi connectivity index (χ1) is 19.2. The molecule has 1 aromatic carbocycles. The van der Waals surface area contributed by atoms with E-state index in [1.807, 2.05) is 26.8 Å². The van der Waals surface area contributed by atoms with Crippen molar-refractivity contribution in [3.8, 4) is 0 Å². The minimum absolute atomic E-state index is 0.0298. The summed E-state index contributed by atoms with van der Waals surface area (Å²) in [4.78, 5) is 65.2. The molecule has 1 aromatic rings. The van der Waals surface area contributed by atoms with Gasteiger partial charge in [0.1, 0.15) is 17.2 Å². The third-order valence-corrected chi connectivity index (χ3v) is 6.67. The SMILES string of the molecule is CC(C)(C)OC(=O)NCCCCCCCNc1cccc2c1CN(C1CCC(=O)N(C(=O)OC(C)(C)C)C1=O)C2=O. The average molecular weight is 573 g/mol. The molecule has 0 aliphatic carbocycles. The zero-order valence-electron chi connectivity index (χ0n) is 25.1. The van der Waals surface area contributed by atoms with Crippen molar-refractivity contribution in [1.82, 2.24) is 15.1 Å². The fraction of sp³-hybridized carbons (Fsp3) is 0.633. The van der Waals surface area contributed by atoms with E-state index in [-0.39, 0.29) is 25.3 Å². The molecule has 5 amide bonds. The molecule has 0 saturated carbocycles. The third kappa shape index (κ3) is 8.93. The van der Waals surface area contributed by atoms with Gasteiger partial charge < -0.3 is 25.0 Å². The van der Waals surface area contributed by atoms with Gasteiger partial charge in [0.05, 0.1) is 0 Å². The number of nitrogens with one attached hydrogen (secondary N) is 2. The number of benzene rings is 1. The van der Waals surface area contributed by atoms with E-state index in [4.69, 9.17) is 9.47 Å². The molecule has 0 aromatic heterocycles. The lowest BCUT2D eigenvalue weighted by molar-refractivity contribution is -0.150. The number of unbranched alkanes of at least 4 members (excludes halogenated alkanes) is 4. The molecule has 11 heteroatoms. The number of rotatable bonds is 10. The van der Waals surface area contributed by atoms with Crippen LogP contribution in [0.25, 0.3) is 0 Å². The molecular formula is C30H44N4O7. The van der Waals surface area contributed by atoms with Gasteiger partial charge in [-0.05, 0) is 72.9 Å². The van der Waals surface area contributed by atoms with Gasteiger partial charge in [-0.1, -0.05) is 25.3 Å². The number of amides is 5. The zero-order chi connectivity index (χ0) is 30.4. The number of nitrogens with zero attached hydrogens (tertiary/aromatic N) is 2. The van der Waals surface area contributed by atoms with Gasteiger partial charge in [-0.15, -0.1) is 0 Å². The minimum Gasteiger partial charge on any atom is -0.444 e. The maximum atomic E-state index is 13.3. The van der Waals surface area contributed by atoms with E-state index in [0.717, 1.165) is 49.9 Å². The summed E-state index contributed by atoms with van der Waals surface area (Å²) in [5.41, 5.74) is 0.783. The van der Waals surface area contributed by atoms with Gasteiger partial charge in [-0.2, -0.15) is 4.90 Å². The van der Waals surface area contributed by atoms with Crippen molar-refractivity contribution >= 4 is 35.6 Å². The van der Waals surface area contributed by atoms with Crippen LogP contribution in [0.1, 0.15) is 102 Å². The second-order valence-corrected chi connectivity index (χ2v) is 12.5. The highest BCUT2D eigenvalue weighted by Crippen LogP contribution is 2.33. The number of likely N-dealkylation sites (tertiary alicyclic amines) is 1. The van der Waals surface area contributed by atoms with Crippen LogP contribution in [0.2, 0.25) is 0 Å². The molecule has 0 radical (unpaired) electrons. The molecule has 226 valence electrons. The number of carbonyl (C=O) groups is 5.